The van der Waals surface area contributed by atoms with E-state index in [9.17, 15) is 48.3 Å². The lowest BCUT2D eigenvalue weighted by Gasteiger charge is -2.35. The summed E-state index contributed by atoms with van der Waals surface area (Å²) in [5.41, 5.74) is 11.7. The highest BCUT2D eigenvalue weighted by Crippen LogP contribution is 2.27. The number of carbonyl (C=O) groups is 9. The summed E-state index contributed by atoms with van der Waals surface area (Å²) in [6.07, 6.45) is 2.12. The fourth-order valence-corrected chi connectivity index (χ4v) is 8.69. The van der Waals surface area contributed by atoms with E-state index in [0.29, 0.717) is 31.2 Å². The number of amides is 9. The van der Waals surface area contributed by atoms with Crippen molar-refractivity contribution in [2.75, 3.05) is 26.2 Å². The molecule has 0 aliphatic carbocycles. The Hall–Kier alpha value is -6.32. The molecule has 0 spiro atoms. The third-order valence-electron chi connectivity index (χ3n) is 13.0. The Labute approximate surface area is 404 Å². The van der Waals surface area contributed by atoms with E-state index in [1.54, 1.807) is 71.9 Å². The van der Waals surface area contributed by atoms with Crippen LogP contribution in [-0.2, 0) is 49.6 Å². The van der Waals surface area contributed by atoms with E-state index in [1.165, 1.54) is 16.7 Å². The summed E-state index contributed by atoms with van der Waals surface area (Å²) in [5.74, 6) is -8.00. The number of nitrogens with two attached hydrogens (primary N) is 2. The number of aliphatic hydroxyl groups excluding tert-OH is 1. The molecule has 1 aromatic carbocycles. The molecule has 0 aromatic heterocycles. The summed E-state index contributed by atoms with van der Waals surface area (Å²) < 4.78 is 0. The minimum Gasteiger partial charge on any atom is -0.394 e. The summed E-state index contributed by atoms with van der Waals surface area (Å²) in [5, 5.41) is 29.0. The molecule has 69 heavy (non-hydrogen) atoms. The summed E-state index contributed by atoms with van der Waals surface area (Å²) >= 11 is 0. The molecular formula is C47H74N12O10. The first kappa shape index (κ1) is 55.3. The van der Waals surface area contributed by atoms with Crippen LogP contribution in [-0.4, -0.2) is 155 Å². The van der Waals surface area contributed by atoms with Gasteiger partial charge in [0.1, 0.15) is 54.4 Å². The van der Waals surface area contributed by atoms with Crippen molar-refractivity contribution >= 4 is 59.1 Å². The first-order valence-electron chi connectivity index (χ1n) is 24.1. The molecular weight excluding hydrogens is 893 g/mol. The van der Waals surface area contributed by atoms with E-state index in [4.69, 9.17) is 11.5 Å². The highest BCUT2D eigenvalue weighted by atomic mass is 16.3. The first-order chi connectivity index (χ1) is 32.7. The Morgan fingerprint density at radius 1 is 0.638 bits per heavy atom. The lowest BCUT2D eigenvalue weighted by molar-refractivity contribution is -0.148. The molecule has 22 heteroatoms. The molecule has 0 unspecified atom stereocenters. The van der Waals surface area contributed by atoms with E-state index >= 15 is 0 Å². The van der Waals surface area contributed by atoms with Gasteiger partial charge in [0.2, 0.25) is 53.2 Å². The summed E-state index contributed by atoms with van der Waals surface area (Å²) in [7, 11) is 0. The van der Waals surface area contributed by atoms with Crippen LogP contribution in [0, 0.1) is 17.8 Å². The smallest absolute Gasteiger partial charge is 0.246 e. The third-order valence-corrected chi connectivity index (χ3v) is 13.0. The molecule has 4 rings (SSSR count). The Balaban J connectivity index is 1.76. The Morgan fingerprint density at radius 2 is 1.16 bits per heavy atom. The number of nitrogens with zero attached hydrogens (tertiary/aromatic N) is 3. The van der Waals surface area contributed by atoms with Gasteiger partial charge in [-0.2, -0.15) is 0 Å². The van der Waals surface area contributed by atoms with Crippen molar-refractivity contribution in [1.82, 2.24) is 47.0 Å². The van der Waals surface area contributed by atoms with Crippen LogP contribution in [0.15, 0.2) is 35.3 Å². The van der Waals surface area contributed by atoms with Crippen LogP contribution >= 0.6 is 0 Å². The molecule has 3 aliphatic heterocycles. The zero-order chi connectivity index (χ0) is 51.1. The molecule has 3 fully saturated rings. The molecule has 3 saturated heterocycles. The van der Waals surface area contributed by atoms with Crippen LogP contribution < -0.4 is 48.7 Å². The molecule has 3 heterocycles. The highest BCUT2D eigenvalue weighted by Gasteiger charge is 2.45. The van der Waals surface area contributed by atoms with Crippen LogP contribution in [0.2, 0.25) is 0 Å². The van der Waals surface area contributed by atoms with Crippen LogP contribution in [0.5, 0.6) is 0 Å². The Kier molecular flexibility index (Phi) is 20.7. The predicted molar refractivity (Wildman–Crippen MR) is 255 cm³/mol. The van der Waals surface area contributed by atoms with Crippen molar-refractivity contribution in [3.63, 3.8) is 0 Å². The molecule has 382 valence electrons. The second-order valence-corrected chi connectivity index (χ2v) is 18.9. The minimum atomic E-state index is -1.59. The molecule has 0 saturated carbocycles. The standard InChI is InChI=1S/C47H74N12O10/c1-8-27(6)37-44(67)54-32(24-60)41(64)51-28(7)38(61)53-31(23-29-15-10-9-11-16-29)40(63)55-35(25(2)3)43(66)56-36(26(4)5)46(69)59-22-14-19-34(59)45(68)58-21-13-18-33(58)42(65)52-30(39(62)57-37)17-12-20-50-47(48)49/h9-11,15-16,25-28,30-37,60H,8,12-14,17-24H2,1-7H3,(H,51,64)(H,52,65)(H,53,61)(H,54,67)(H,55,63)(H,56,66)(H,57,62)(H4,48,49,50)/t27-,28-,30-,31-,32-,33-,34-,35-,36-,37-/m0/s1. The number of benzene rings is 1. The normalized spacial score (nSPS) is 28.0. The van der Waals surface area contributed by atoms with Gasteiger partial charge in [0.25, 0.3) is 0 Å². The lowest BCUT2D eigenvalue weighted by Crippen LogP contribution is -2.61. The highest BCUT2D eigenvalue weighted by molar-refractivity contribution is 5.99. The van der Waals surface area contributed by atoms with Gasteiger partial charge in [-0.3, -0.25) is 48.1 Å². The quantitative estimate of drug-likeness (QED) is 0.0657. The molecule has 0 bridgehead atoms. The Morgan fingerprint density at radius 3 is 1.75 bits per heavy atom. The number of hydrogen-bond acceptors (Lipinski definition) is 11. The van der Waals surface area contributed by atoms with Crippen molar-refractivity contribution in [3.05, 3.63) is 35.9 Å². The predicted octanol–water partition coefficient (Wildman–Crippen LogP) is -1.96. The van der Waals surface area contributed by atoms with Gasteiger partial charge in [0, 0.05) is 26.1 Å². The topological polar surface area (TPSA) is 329 Å². The van der Waals surface area contributed by atoms with Gasteiger partial charge in [0.15, 0.2) is 5.96 Å². The first-order valence-corrected chi connectivity index (χ1v) is 24.1. The van der Waals surface area contributed by atoms with Crippen molar-refractivity contribution < 1.29 is 48.3 Å². The van der Waals surface area contributed by atoms with Gasteiger partial charge in [-0.1, -0.05) is 78.3 Å². The average Bonchev–Trinajstić information content (AvgIpc) is 4.02. The number of fused-ring (bicyclic) bond motifs is 2. The maximum Gasteiger partial charge on any atom is 0.246 e. The van der Waals surface area contributed by atoms with Gasteiger partial charge in [-0.05, 0) is 68.8 Å². The average molecular weight is 967 g/mol. The summed E-state index contributed by atoms with van der Waals surface area (Å²) in [6, 6.07) is -2.16. The van der Waals surface area contributed by atoms with Crippen LogP contribution in [0.3, 0.4) is 0 Å². The molecule has 12 N–H and O–H groups in total. The zero-order valence-electron chi connectivity index (χ0n) is 40.9. The third kappa shape index (κ3) is 15.1. The van der Waals surface area contributed by atoms with Gasteiger partial charge in [-0.25, -0.2) is 0 Å². The van der Waals surface area contributed by atoms with Crippen molar-refractivity contribution in [1.29, 1.82) is 0 Å². The molecule has 10 atom stereocenters. The van der Waals surface area contributed by atoms with Crippen LogP contribution in [0.25, 0.3) is 0 Å². The number of rotatable bonds is 11. The van der Waals surface area contributed by atoms with Gasteiger partial charge >= 0.3 is 0 Å². The van der Waals surface area contributed by atoms with E-state index < -0.39 is 132 Å². The fourth-order valence-electron chi connectivity index (χ4n) is 8.69. The van der Waals surface area contributed by atoms with E-state index in [2.05, 4.69) is 42.2 Å². The minimum absolute atomic E-state index is 0.0167. The second kappa shape index (κ2) is 25.9. The van der Waals surface area contributed by atoms with Crippen molar-refractivity contribution in [2.45, 2.75) is 154 Å². The molecule has 22 nitrogen and oxygen atoms in total. The summed E-state index contributed by atoms with van der Waals surface area (Å²) in [4.78, 5) is 134. The van der Waals surface area contributed by atoms with Crippen LogP contribution in [0.1, 0.15) is 99.0 Å². The lowest BCUT2D eigenvalue weighted by atomic mass is 9.97. The summed E-state index contributed by atoms with van der Waals surface area (Å²) in [6.45, 7) is 11.4. The van der Waals surface area contributed by atoms with Crippen molar-refractivity contribution in [2.24, 2.45) is 34.2 Å². The largest absolute Gasteiger partial charge is 0.394 e. The second-order valence-electron chi connectivity index (χ2n) is 18.9. The molecule has 9 amide bonds. The van der Waals surface area contributed by atoms with Gasteiger partial charge in [0.05, 0.1) is 6.61 Å². The zero-order valence-corrected chi connectivity index (χ0v) is 40.9. The van der Waals surface area contributed by atoms with E-state index in [1.807, 2.05) is 0 Å². The van der Waals surface area contributed by atoms with Gasteiger partial charge in [-0.15, -0.1) is 0 Å². The number of aliphatic imine (C=N–C) groups is 1. The van der Waals surface area contributed by atoms with Crippen LogP contribution in [0.4, 0.5) is 0 Å². The molecule has 1 aromatic rings. The number of carbonyl (C=O) groups excluding carboxylic acids is 9. The maximum absolute atomic E-state index is 14.5. The van der Waals surface area contributed by atoms with Crippen molar-refractivity contribution in [3.8, 4) is 0 Å². The molecule has 3 aliphatic rings. The monoisotopic (exact) mass is 967 g/mol. The number of nitrogens with one attached hydrogen (secondary N) is 7. The maximum atomic E-state index is 14.5. The molecule has 0 radical (unpaired) electrons. The van der Waals surface area contributed by atoms with E-state index in [0.717, 1.165) is 0 Å². The Bertz CT molecular complexity index is 2030. The number of hydrogen-bond donors (Lipinski definition) is 10. The SMILES string of the molecule is CC[C@H](C)[C@@H]1NC(=O)[C@H](CCCN=C(N)N)NC(=O)[C@@H]2CCCN2C(=O)[C@@H]2CCCN2C(=O)[C@H](C(C)C)NC(=O)[C@H](C(C)C)NC(=O)[C@H](Cc2ccccc2)NC(=O)[C@H](C)NC(=O)[C@H](CO)NC1=O. The van der Waals surface area contributed by atoms with Gasteiger partial charge < -0.3 is 63.6 Å². The number of guanidine groups is 1. The van der Waals surface area contributed by atoms with E-state index in [-0.39, 0.29) is 51.3 Å². The number of aliphatic hydroxyl groups is 1. The fraction of sp³-hybridized carbons (Fsp3) is 0.660.